The van der Waals surface area contributed by atoms with Gasteiger partial charge in [-0.3, -0.25) is 5.41 Å². The smallest absolute Gasteiger partial charge is 0.215 e. The van der Waals surface area contributed by atoms with Gasteiger partial charge in [-0.15, -0.1) is 0 Å². The first-order valence-corrected chi connectivity index (χ1v) is 4.41. The van der Waals surface area contributed by atoms with Gasteiger partial charge in [0.15, 0.2) is 0 Å². The Bertz CT molecular complexity index is 379. The van der Waals surface area contributed by atoms with Crippen LogP contribution in [0.5, 0.6) is 0 Å². The number of halogens is 1. The number of aryl methyl sites for hydroxylation is 1. The van der Waals surface area contributed by atoms with Crippen LogP contribution in [0.25, 0.3) is 0 Å². The maximum Gasteiger partial charge on any atom is 0.215 e. The lowest BCUT2D eigenvalue weighted by atomic mass is 10.1. The van der Waals surface area contributed by atoms with E-state index >= 15 is 0 Å². The average Bonchev–Trinajstić information content (AvgIpc) is 2.15. The number of aliphatic imine (C=N–C) groups is 1. The van der Waals surface area contributed by atoms with Crippen molar-refractivity contribution in [3.8, 4) is 0 Å². The van der Waals surface area contributed by atoms with Crippen LogP contribution in [0.3, 0.4) is 0 Å². The molecule has 14 heavy (non-hydrogen) atoms. The van der Waals surface area contributed by atoms with Crippen molar-refractivity contribution in [2.45, 2.75) is 6.92 Å². The third-order valence-electron chi connectivity index (χ3n) is 1.70. The van der Waals surface area contributed by atoms with Gasteiger partial charge in [0, 0.05) is 11.8 Å². The second-order valence-corrected chi connectivity index (χ2v) is 3.16. The summed E-state index contributed by atoms with van der Waals surface area (Å²) < 4.78 is 0. The molecule has 1 aromatic carbocycles. The van der Waals surface area contributed by atoms with Crippen LogP contribution in [0.15, 0.2) is 29.3 Å². The molecule has 0 fully saturated rings. The van der Waals surface area contributed by atoms with E-state index in [4.69, 9.17) is 22.4 Å². The van der Waals surface area contributed by atoms with Crippen molar-refractivity contribution in [2.24, 2.45) is 4.99 Å². The minimum absolute atomic E-state index is 0.316. The molecule has 0 amide bonds. The summed E-state index contributed by atoms with van der Waals surface area (Å²) in [5, 5.41) is 13.8. The fourth-order valence-corrected chi connectivity index (χ4v) is 1.10. The number of amidine groups is 1. The first kappa shape index (κ1) is 10.6. The summed E-state index contributed by atoms with van der Waals surface area (Å²) in [7, 11) is 0. The Labute approximate surface area is 87.5 Å². The number of benzene rings is 1. The van der Waals surface area contributed by atoms with E-state index in [-0.39, 0.29) is 5.29 Å². The second kappa shape index (κ2) is 4.67. The Morgan fingerprint density at radius 2 is 1.93 bits per heavy atom. The standard InChI is InChI=1S/C10H10ClN3/c1-7-2-4-8(5-3-7)9(6-12)14-10(11)13/h2-6,12-13H,1H3. The lowest BCUT2D eigenvalue weighted by Gasteiger charge is -1.99. The molecule has 0 aliphatic heterocycles. The molecule has 0 aromatic heterocycles. The quantitative estimate of drug-likeness (QED) is 0.426. The molecule has 0 radical (unpaired) electrons. The van der Waals surface area contributed by atoms with E-state index in [9.17, 15) is 0 Å². The monoisotopic (exact) mass is 207 g/mol. The van der Waals surface area contributed by atoms with Crippen molar-refractivity contribution < 1.29 is 0 Å². The molecule has 1 aromatic rings. The van der Waals surface area contributed by atoms with E-state index in [2.05, 4.69) is 4.99 Å². The van der Waals surface area contributed by atoms with Crippen molar-refractivity contribution in [3.63, 3.8) is 0 Å². The molecule has 0 saturated heterocycles. The van der Waals surface area contributed by atoms with Crippen LogP contribution >= 0.6 is 11.6 Å². The van der Waals surface area contributed by atoms with Crippen molar-refractivity contribution in [1.82, 2.24) is 0 Å². The topological polar surface area (TPSA) is 60.1 Å². The highest BCUT2D eigenvalue weighted by Gasteiger charge is 2.00. The van der Waals surface area contributed by atoms with Crippen molar-refractivity contribution in [3.05, 3.63) is 35.4 Å². The molecular weight excluding hydrogens is 198 g/mol. The number of hydrogen-bond acceptors (Lipinski definition) is 2. The lowest BCUT2D eigenvalue weighted by molar-refractivity contribution is 1.45. The highest BCUT2D eigenvalue weighted by atomic mass is 35.5. The lowest BCUT2D eigenvalue weighted by Crippen LogP contribution is -2.03. The molecule has 2 N–H and O–H groups in total. The minimum Gasteiger partial charge on any atom is -0.306 e. The Balaban J connectivity index is 3.07. The predicted octanol–water partition coefficient (Wildman–Crippen LogP) is 2.61. The summed E-state index contributed by atoms with van der Waals surface area (Å²) in [5.41, 5.74) is 2.32. The van der Waals surface area contributed by atoms with Crippen LogP contribution < -0.4 is 0 Å². The Morgan fingerprint density at radius 3 is 2.36 bits per heavy atom. The largest absolute Gasteiger partial charge is 0.306 e. The fraction of sp³-hybridized carbons (Fsp3) is 0.100. The minimum atomic E-state index is -0.316. The molecule has 0 bridgehead atoms. The average molecular weight is 208 g/mol. The van der Waals surface area contributed by atoms with Crippen LogP contribution in [-0.2, 0) is 0 Å². The van der Waals surface area contributed by atoms with E-state index in [1.807, 2.05) is 31.2 Å². The SMILES string of the molecule is Cc1ccc(C(C=N)=NC(=N)Cl)cc1. The fourth-order valence-electron chi connectivity index (χ4n) is 1.01. The van der Waals surface area contributed by atoms with Crippen molar-refractivity contribution >= 4 is 28.8 Å². The Hall–Kier alpha value is -1.48. The maximum atomic E-state index is 7.13. The summed E-state index contributed by atoms with van der Waals surface area (Å²) in [4.78, 5) is 3.72. The van der Waals surface area contributed by atoms with Gasteiger partial charge in [-0.1, -0.05) is 29.8 Å². The van der Waals surface area contributed by atoms with Gasteiger partial charge in [-0.25, -0.2) is 4.99 Å². The molecule has 0 unspecified atom stereocenters. The van der Waals surface area contributed by atoms with Gasteiger partial charge in [0.2, 0.25) is 5.29 Å². The van der Waals surface area contributed by atoms with Crippen molar-refractivity contribution in [2.75, 3.05) is 0 Å². The highest BCUT2D eigenvalue weighted by Crippen LogP contribution is 2.04. The van der Waals surface area contributed by atoms with E-state index in [1.165, 1.54) is 0 Å². The number of nitrogens with one attached hydrogen (secondary N) is 2. The van der Waals surface area contributed by atoms with Gasteiger partial charge in [0.05, 0.1) is 5.71 Å². The molecule has 0 atom stereocenters. The van der Waals surface area contributed by atoms with E-state index in [0.717, 1.165) is 17.3 Å². The molecule has 0 heterocycles. The molecule has 3 nitrogen and oxygen atoms in total. The summed E-state index contributed by atoms with van der Waals surface area (Å²) in [5.74, 6) is 0. The van der Waals surface area contributed by atoms with Crippen LogP contribution in [0, 0.1) is 17.7 Å². The second-order valence-electron chi connectivity index (χ2n) is 2.80. The van der Waals surface area contributed by atoms with Gasteiger partial charge in [0.25, 0.3) is 0 Å². The first-order valence-electron chi connectivity index (χ1n) is 4.03. The van der Waals surface area contributed by atoms with E-state index in [1.54, 1.807) is 0 Å². The summed E-state index contributed by atoms with van der Waals surface area (Å²) >= 11 is 5.32. The molecule has 0 saturated carbocycles. The van der Waals surface area contributed by atoms with E-state index < -0.39 is 0 Å². The summed E-state index contributed by atoms with van der Waals surface area (Å²) in [6, 6.07) is 7.54. The van der Waals surface area contributed by atoms with Gasteiger partial charge < -0.3 is 5.41 Å². The molecule has 4 heteroatoms. The van der Waals surface area contributed by atoms with Gasteiger partial charge in [0.1, 0.15) is 0 Å². The zero-order valence-electron chi connectivity index (χ0n) is 7.71. The maximum absolute atomic E-state index is 7.13. The molecule has 0 aliphatic rings. The van der Waals surface area contributed by atoms with Gasteiger partial charge in [-0.2, -0.15) is 0 Å². The van der Waals surface area contributed by atoms with Crippen LogP contribution in [0.4, 0.5) is 0 Å². The third-order valence-corrected chi connectivity index (χ3v) is 1.79. The van der Waals surface area contributed by atoms with Gasteiger partial charge >= 0.3 is 0 Å². The summed E-state index contributed by atoms with van der Waals surface area (Å²) in [6.45, 7) is 1.98. The normalized spacial score (nSPS) is 11.1. The number of rotatable bonds is 2. The molecule has 1 rings (SSSR count). The van der Waals surface area contributed by atoms with Crippen LogP contribution in [-0.4, -0.2) is 17.2 Å². The van der Waals surface area contributed by atoms with Crippen LogP contribution in [0.2, 0.25) is 0 Å². The first-order chi connectivity index (χ1) is 6.63. The third kappa shape index (κ3) is 2.78. The number of nitrogens with zero attached hydrogens (tertiary/aromatic N) is 1. The summed E-state index contributed by atoms with van der Waals surface area (Å²) in [6.07, 6.45) is 1.08. The molecule has 0 spiro atoms. The zero-order valence-corrected chi connectivity index (χ0v) is 8.47. The van der Waals surface area contributed by atoms with Crippen LogP contribution in [0.1, 0.15) is 11.1 Å². The predicted molar refractivity (Wildman–Crippen MR) is 60.1 cm³/mol. The number of hydrogen-bond donors (Lipinski definition) is 2. The van der Waals surface area contributed by atoms with Crippen molar-refractivity contribution in [1.29, 1.82) is 10.8 Å². The Kier molecular flexibility index (Phi) is 3.54. The zero-order chi connectivity index (χ0) is 10.6. The van der Waals surface area contributed by atoms with E-state index in [0.29, 0.717) is 5.71 Å². The molecule has 72 valence electrons. The van der Waals surface area contributed by atoms with Gasteiger partial charge in [-0.05, 0) is 18.5 Å². The molecule has 0 aliphatic carbocycles. The highest BCUT2D eigenvalue weighted by molar-refractivity contribution is 6.65. The Morgan fingerprint density at radius 1 is 1.36 bits per heavy atom. The molecular formula is C10H10ClN3.